The third-order valence-electron chi connectivity index (χ3n) is 6.45. The summed E-state index contributed by atoms with van der Waals surface area (Å²) >= 11 is 1.54. The lowest BCUT2D eigenvalue weighted by molar-refractivity contribution is -0.0381. The van der Waals surface area contributed by atoms with Gasteiger partial charge in [0.05, 0.1) is 29.0 Å². The van der Waals surface area contributed by atoms with Gasteiger partial charge in [0, 0.05) is 18.5 Å². The topological polar surface area (TPSA) is 85.1 Å². The van der Waals surface area contributed by atoms with Crippen LogP contribution in [-0.4, -0.2) is 61.3 Å². The number of thiazole rings is 1. The van der Waals surface area contributed by atoms with Crippen molar-refractivity contribution in [3.05, 3.63) is 58.9 Å². The van der Waals surface area contributed by atoms with Crippen LogP contribution in [-0.2, 0) is 11.3 Å². The predicted molar refractivity (Wildman–Crippen MR) is 137 cm³/mol. The minimum absolute atomic E-state index is 0.0945. The zero-order chi connectivity index (χ0) is 24.9. The monoisotopic (exact) mass is 504 g/mol. The second-order valence-electron chi connectivity index (χ2n) is 10.2. The summed E-state index contributed by atoms with van der Waals surface area (Å²) in [6, 6.07) is 14.1. The number of hydrogen-bond donors (Lipinski definition) is 0. The standard InChI is InChI=1S/C26H28N6O3S/c1-26(2,3)35-25(33)31-18-11-19(31)13-30(12-18)24-28-23-22(34-14-17-7-5-4-6-8-17)10-9-21(32(23)29-24)20-15-36-16-27-20/h4-10,15-16,18-19H,11-14H2,1-3H3. The molecule has 0 spiro atoms. The number of aromatic nitrogens is 4. The quantitative estimate of drug-likeness (QED) is 0.392. The molecule has 2 unspecified atom stereocenters. The van der Waals surface area contributed by atoms with E-state index in [4.69, 9.17) is 19.6 Å². The van der Waals surface area contributed by atoms with Gasteiger partial charge in [0.15, 0.2) is 11.4 Å². The number of nitrogens with zero attached hydrogens (tertiary/aromatic N) is 6. The van der Waals surface area contributed by atoms with Crippen molar-refractivity contribution in [2.75, 3.05) is 18.0 Å². The number of anilines is 1. The minimum atomic E-state index is -0.508. The van der Waals surface area contributed by atoms with E-state index in [0.717, 1.165) is 23.4 Å². The van der Waals surface area contributed by atoms with Crippen molar-refractivity contribution in [3.8, 4) is 17.1 Å². The van der Waals surface area contributed by atoms with E-state index in [1.807, 2.05) is 83.5 Å². The van der Waals surface area contributed by atoms with Gasteiger partial charge in [-0.2, -0.15) is 4.98 Å². The summed E-state index contributed by atoms with van der Waals surface area (Å²) in [5.41, 5.74) is 4.73. The average molecular weight is 505 g/mol. The normalized spacial score (nSPS) is 19.3. The summed E-state index contributed by atoms with van der Waals surface area (Å²) in [4.78, 5) is 26.1. The maximum Gasteiger partial charge on any atom is 0.410 e. The van der Waals surface area contributed by atoms with Crippen LogP contribution in [0.15, 0.2) is 53.4 Å². The maximum atomic E-state index is 12.7. The number of amides is 1. The summed E-state index contributed by atoms with van der Waals surface area (Å²) in [5, 5.41) is 6.87. The Morgan fingerprint density at radius 2 is 1.89 bits per heavy atom. The first-order valence-electron chi connectivity index (χ1n) is 12.1. The van der Waals surface area contributed by atoms with E-state index >= 15 is 0 Å². The Balaban J connectivity index is 1.28. The number of rotatable bonds is 5. The van der Waals surface area contributed by atoms with Gasteiger partial charge >= 0.3 is 6.09 Å². The number of benzene rings is 1. The Bertz CT molecular complexity index is 1370. The van der Waals surface area contributed by atoms with Crippen molar-refractivity contribution >= 4 is 29.0 Å². The molecule has 3 aromatic heterocycles. The Kier molecular flexibility index (Phi) is 5.55. The molecule has 186 valence electrons. The van der Waals surface area contributed by atoms with Crippen molar-refractivity contribution in [2.45, 2.75) is 51.5 Å². The summed E-state index contributed by atoms with van der Waals surface area (Å²) in [7, 11) is 0. The largest absolute Gasteiger partial charge is 0.485 e. The van der Waals surface area contributed by atoms with Crippen LogP contribution in [0, 0.1) is 0 Å². The van der Waals surface area contributed by atoms with Crippen molar-refractivity contribution in [2.24, 2.45) is 0 Å². The van der Waals surface area contributed by atoms with E-state index < -0.39 is 5.60 Å². The third-order valence-corrected chi connectivity index (χ3v) is 7.04. The van der Waals surface area contributed by atoms with Gasteiger partial charge in [-0.05, 0) is 44.9 Å². The van der Waals surface area contributed by atoms with Gasteiger partial charge in [-0.3, -0.25) is 4.90 Å². The molecule has 1 aromatic carbocycles. The summed E-state index contributed by atoms with van der Waals surface area (Å²) in [6.45, 7) is 7.45. The van der Waals surface area contributed by atoms with Gasteiger partial charge in [-0.1, -0.05) is 30.3 Å². The first kappa shape index (κ1) is 22.8. The molecule has 2 bridgehead atoms. The first-order valence-corrected chi connectivity index (χ1v) is 13.0. The van der Waals surface area contributed by atoms with Crippen molar-refractivity contribution in [3.63, 3.8) is 0 Å². The molecule has 0 aliphatic carbocycles. The van der Waals surface area contributed by atoms with Gasteiger partial charge in [0.1, 0.15) is 12.2 Å². The predicted octanol–water partition coefficient (Wildman–Crippen LogP) is 4.63. The van der Waals surface area contributed by atoms with Crippen LogP contribution in [0.1, 0.15) is 32.8 Å². The molecule has 3 saturated heterocycles. The molecule has 10 heteroatoms. The molecule has 4 aromatic rings. The maximum absolute atomic E-state index is 12.7. The molecular formula is C26H28N6O3S. The number of hydrogen-bond acceptors (Lipinski definition) is 8. The van der Waals surface area contributed by atoms with Gasteiger partial charge in [-0.15, -0.1) is 16.4 Å². The highest BCUT2D eigenvalue weighted by Crippen LogP contribution is 2.36. The number of piperidine rings is 1. The Labute approximate surface area is 213 Å². The second-order valence-corrected chi connectivity index (χ2v) is 10.9. The van der Waals surface area contributed by atoms with Crippen LogP contribution in [0.25, 0.3) is 17.0 Å². The average Bonchev–Trinajstić information content (AvgIpc) is 3.53. The van der Waals surface area contributed by atoms with Gasteiger partial charge in [0.25, 0.3) is 0 Å². The minimum Gasteiger partial charge on any atom is -0.485 e. The zero-order valence-electron chi connectivity index (χ0n) is 20.5. The number of piperazine rings is 1. The van der Waals surface area contributed by atoms with Gasteiger partial charge in [0.2, 0.25) is 5.95 Å². The molecular weight excluding hydrogens is 476 g/mol. The van der Waals surface area contributed by atoms with Crippen molar-refractivity contribution < 1.29 is 14.3 Å². The fourth-order valence-corrected chi connectivity index (χ4v) is 5.37. The SMILES string of the molecule is CC(C)(C)OC(=O)N1C2CC1CN(c1nc3c(OCc4ccccc4)ccc(-c4cscn4)n3n1)C2. The first-order chi connectivity index (χ1) is 17.4. The van der Waals surface area contributed by atoms with Gasteiger partial charge < -0.3 is 14.4 Å². The highest BCUT2D eigenvalue weighted by atomic mass is 32.1. The number of ether oxygens (including phenoxy) is 2. The number of carbonyl (C=O) groups is 1. The molecule has 2 atom stereocenters. The molecule has 0 N–H and O–H groups in total. The lowest BCUT2D eigenvalue weighted by atomic mass is 9.88. The summed E-state index contributed by atoms with van der Waals surface area (Å²) in [6.07, 6.45) is 0.729. The summed E-state index contributed by atoms with van der Waals surface area (Å²) in [5.74, 6) is 1.29. The Morgan fingerprint density at radius 1 is 1.11 bits per heavy atom. The molecule has 3 aliphatic rings. The smallest absolute Gasteiger partial charge is 0.410 e. The fraction of sp³-hybridized carbons (Fsp3) is 0.385. The van der Waals surface area contributed by atoms with E-state index in [9.17, 15) is 4.79 Å². The molecule has 3 aliphatic heterocycles. The van der Waals surface area contributed by atoms with Crippen LogP contribution < -0.4 is 9.64 Å². The Morgan fingerprint density at radius 3 is 2.58 bits per heavy atom. The number of pyridine rings is 1. The molecule has 0 saturated carbocycles. The van der Waals surface area contributed by atoms with Crippen LogP contribution >= 0.6 is 11.3 Å². The highest BCUT2D eigenvalue weighted by molar-refractivity contribution is 7.07. The lowest BCUT2D eigenvalue weighted by Crippen LogP contribution is -2.70. The van der Waals surface area contributed by atoms with E-state index in [0.29, 0.717) is 37.0 Å². The van der Waals surface area contributed by atoms with Crippen LogP contribution in [0.4, 0.5) is 10.7 Å². The fourth-order valence-electron chi connectivity index (χ4n) is 4.83. The van der Waals surface area contributed by atoms with Crippen LogP contribution in [0.5, 0.6) is 5.75 Å². The van der Waals surface area contributed by atoms with E-state index in [1.54, 1.807) is 0 Å². The van der Waals surface area contributed by atoms with E-state index in [1.165, 1.54) is 11.3 Å². The number of carbonyl (C=O) groups excluding carboxylic acids is 1. The molecule has 3 fully saturated rings. The van der Waals surface area contributed by atoms with E-state index in [2.05, 4.69) is 9.88 Å². The lowest BCUT2D eigenvalue weighted by Gasteiger charge is -2.55. The molecule has 6 heterocycles. The van der Waals surface area contributed by atoms with Crippen molar-refractivity contribution in [1.82, 2.24) is 24.5 Å². The molecule has 1 amide bonds. The highest BCUT2D eigenvalue weighted by Gasteiger charge is 2.49. The van der Waals surface area contributed by atoms with Crippen LogP contribution in [0.3, 0.4) is 0 Å². The van der Waals surface area contributed by atoms with Crippen molar-refractivity contribution in [1.29, 1.82) is 0 Å². The van der Waals surface area contributed by atoms with Crippen LogP contribution in [0.2, 0.25) is 0 Å². The van der Waals surface area contributed by atoms with E-state index in [-0.39, 0.29) is 18.2 Å². The zero-order valence-corrected chi connectivity index (χ0v) is 21.3. The van der Waals surface area contributed by atoms with Gasteiger partial charge in [-0.25, -0.2) is 14.3 Å². The molecule has 0 radical (unpaired) electrons. The molecule has 36 heavy (non-hydrogen) atoms. The second kappa shape index (κ2) is 8.77. The number of fused-ring (bicyclic) bond motifs is 3. The summed E-state index contributed by atoms with van der Waals surface area (Å²) < 4.78 is 13.6. The third kappa shape index (κ3) is 4.26. The Hall–Kier alpha value is -3.66. The molecule has 9 nitrogen and oxygen atoms in total. The molecule has 7 rings (SSSR count).